The van der Waals surface area contributed by atoms with Crippen LogP contribution in [0.2, 0.25) is 0 Å². The van der Waals surface area contributed by atoms with E-state index in [1.165, 1.54) is 13.0 Å². The Bertz CT molecular complexity index is 294. The Labute approximate surface area is 84.7 Å². The van der Waals surface area contributed by atoms with Gasteiger partial charge in [-0.2, -0.15) is 0 Å². The summed E-state index contributed by atoms with van der Waals surface area (Å²) in [5.74, 6) is 0. The Morgan fingerprint density at radius 2 is 2.50 bits per heavy atom. The molecule has 4 nitrogen and oxygen atoms in total. The monoisotopic (exact) mass is 194 g/mol. The average Bonchev–Trinajstić information content (AvgIpc) is 2.86. The molecule has 1 aliphatic heterocycles. The number of hydrogen-bond acceptors (Lipinski definition) is 3. The minimum Gasteiger partial charge on any atom is -0.333 e. The molecule has 0 radical (unpaired) electrons. The van der Waals surface area contributed by atoms with Crippen LogP contribution < -0.4 is 5.73 Å². The van der Waals surface area contributed by atoms with Crippen LogP contribution in [0.15, 0.2) is 12.5 Å². The van der Waals surface area contributed by atoms with E-state index in [-0.39, 0.29) is 0 Å². The molecule has 78 valence electrons. The van der Waals surface area contributed by atoms with Crippen LogP contribution in [-0.2, 0) is 6.54 Å². The van der Waals surface area contributed by atoms with Crippen LogP contribution in [0.25, 0.3) is 0 Å². The SMILES string of the molecule is CCN1CCC(n2cnc(CN)c2)C1. The summed E-state index contributed by atoms with van der Waals surface area (Å²) in [7, 11) is 0. The lowest BCUT2D eigenvalue weighted by atomic mass is 10.2. The highest BCUT2D eigenvalue weighted by Gasteiger charge is 2.22. The number of rotatable bonds is 3. The summed E-state index contributed by atoms with van der Waals surface area (Å²) in [6.45, 7) is 6.25. The molecule has 0 amide bonds. The smallest absolute Gasteiger partial charge is 0.0953 e. The third-order valence-electron chi connectivity index (χ3n) is 2.98. The van der Waals surface area contributed by atoms with Gasteiger partial charge in [0.2, 0.25) is 0 Å². The van der Waals surface area contributed by atoms with Gasteiger partial charge < -0.3 is 15.2 Å². The molecule has 0 saturated carbocycles. The highest BCUT2D eigenvalue weighted by molar-refractivity contribution is 4.98. The van der Waals surface area contributed by atoms with E-state index in [9.17, 15) is 0 Å². The van der Waals surface area contributed by atoms with Gasteiger partial charge in [-0.05, 0) is 13.0 Å². The zero-order valence-electron chi connectivity index (χ0n) is 8.69. The Kier molecular flexibility index (Phi) is 2.84. The van der Waals surface area contributed by atoms with Gasteiger partial charge in [0.1, 0.15) is 0 Å². The van der Waals surface area contributed by atoms with Crippen molar-refractivity contribution in [3.63, 3.8) is 0 Å². The predicted octanol–water partition coefficient (Wildman–Crippen LogP) is 0.608. The van der Waals surface area contributed by atoms with Gasteiger partial charge in [0.05, 0.1) is 12.0 Å². The summed E-state index contributed by atoms with van der Waals surface area (Å²) in [5.41, 5.74) is 6.52. The van der Waals surface area contributed by atoms with Crippen LogP contribution in [-0.4, -0.2) is 34.1 Å². The third kappa shape index (κ3) is 1.81. The summed E-state index contributed by atoms with van der Waals surface area (Å²) >= 11 is 0. The molecule has 1 fully saturated rings. The maximum absolute atomic E-state index is 5.53. The predicted molar refractivity (Wildman–Crippen MR) is 55.9 cm³/mol. The van der Waals surface area contributed by atoms with Crippen LogP contribution in [0.3, 0.4) is 0 Å². The molecule has 0 aromatic carbocycles. The molecular weight excluding hydrogens is 176 g/mol. The number of likely N-dealkylation sites (N-methyl/N-ethyl adjacent to an activating group) is 1. The first-order valence-corrected chi connectivity index (χ1v) is 5.28. The van der Waals surface area contributed by atoms with E-state index < -0.39 is 0 Å². The average molecular weight is 194 g/mol. The molecule has 1 unspecified atom stereocenters. The minimum atomic E-state index is 0.539. The Morgan fingerprint density at radius 1 is 1.64 bits per heavy atom. The van der Waals surface area contributed by atoms with E-state index in [1.807, 2.05) is 6.33 Å². The fourth-order valence-corrected chi connectivity index (χ4v) is 2.03. The second-order valence-electron chi connectivity index (χ2n) is 3.85. The first-order valence-electron chi connectivity index (χ1n) is 5.28. The van der Waals surface area contributed by atoms with Crippen LogP contribution in [0.1, 0.15) is 25.1 Å². The van der Waals surface area contributed by atoms with Gasteiger partial charge in [0.25, 0.3) is 0 Å². The normalized spacial score (nSPS) is 23.1. The lowest BCUT2D eigenvalue weighted by Crippen LogP contribution is -2.20. The number of aromatic nitrogens is 2. The fraction of sp³-hybridized carbons (Fsp3) is 0.700. The van der Waals surface area contributed by atoms with Crippen molar-refractivity contribution in [3.05, 3.63) is 18.2 Å². The highest BCUT2D eigenvalue weighted by atomic mass is 15.2. The quantitative estimate of drug-likeness (QED) is 0.767. The lowest BCUT2D eigenvalue weighted by Gasteiger charge is -2.13. The molecule has 2 heterocycles. The van der Waals surface area contributed by atoms with Gasteiger partial charge in [-0.3, -0.25) is 0 Å². The van der Waals surface area contributed by atoms with E-state index >= 15 is 0 Å². The maximum atomic E-state index is 5.53. The zero-order chi connectivity index (χ0) is 9.97. The molecule has 1 atom stereocenters. The van der Waals surface area contributed by atoms with Crippen molar-refractivity contribution in [2.24, 2.45) is 5.73 Å². The fourth-order valence-electron chi connectivity index (χ4n) is 2.03. The first kappa shape index (κ1) is 9.68. The summed E-state index contributed by atoms with van der Waals surface area (Å²) < 4.78 is 2.21. The largest absolute Gasteiger partial charge is 0.333 e. The van der Waals surface area contributed by atoms with Gasteiger partial charge in [-0.25, -0.2) is 4.98 Å². The Balaban J connectivity index is 2.02. The van der Waals surface area contributed by atoms with Crippen LogP contribution >= 0.6 is 0 Å². The number of imidazole rings is 1. The number of nitrogens with two attached hydrogens (primary N) is 1. The van der Waals surface area contributed by atoms with E-state index in [0.717, 1.165) is 18.8 Å². The number of hydrogen-bond donors (Lipinski definition) is 1. The molecule has 14 heavy (non-hydrogen) atoms. The summed E-state index contributed by atoms with van der Waals surface area (Å²) in [6.07, 6.45) is 5.21. The standard InChI is InChI=1S/C10H18N4/c1-2-13-4-3-10(7-13)14-6-9(5-11)12-8-14/h6,8,10H,2-5,7,11H2,1H3. The van der Waals surface area contributed by atoms with Crippen LogP contribution in [0.5, 0.6) is 0 Å². The van der Waals surface area contributed by atoms with E-state index in [1.54, 1.807) is 0 Å². The second kappa shape index (κ2) is 4.11. The Morgan fingerprint density at radius 3 is 3.07 bits per heavy atom. The van der Waals surface area contributed by atoms with Gasteiger partial charge in [-0.15, -0.1) is 0 Å². The minimum absolute atomic E-state index is 0.539. The molecular formula is C10H18N4. The van der Waals surface area contributed by atoms with Gasteiger partial charge in [0, 0.05) is 31.9 Å². The van der Waals surface area contributed by atoms with Gasteiger partial charge in [-0.1, -0.05) is 6.92 Å². The topological polar surface area (TPSA) is 47.1 Å². The summed E-state index contributed by atoms with van der Waals surface area (Å²) in [4.78, 5) is 6.71. The van der Waals surface area contributed by atoms with Gasteiger partial charge in [0.15, 0.2) is 0 Å². The van der Waals surface area contributed by atoms with Crippen molar-refractivity contribution >= 4 is 0 Å². The highest BCUT2D eigenvalue weighted by Crippen LogP contribution is 2.20. The molecule has 0 spiro atoms. The van der Waals surface area contributed by atoms with E-state index in [2.05, 4.69) is 27.6 Å². The molecule has 1 saturated heterocycles. The molecule has 4 heteroatoms. The summed E-state index contributed by atoms with van der Waals surface area (Å²) in [6, 6.07) is 0.600. The van der Waals surface area contributed by atoms with E-state index in [0.29, 0.717) is 12.6 Å². The van der Waals surface area contributed by atoms with Crippen molar-refractivity contribution < 1.29 is 0 Å². The summed E-state index contributed by atoms with van der Waals surface area (Å²) in [5, 5.41) is 0. The molecule has 0 bridgehead atoms. The van der Waals surface area contributed by atoms with E-state index in [4.69, 9.17) is 5.73 Å². The molecule has 1 aliphatic rings. The molecule has 1 aromatic rings. The molecule has 1 aromatic heterocycles. The molecule has 2 N–H and O–H groups in total. The van der Waals surface area contributed by atoms with Crippen molar-refractivity contribution in [1.82, 2.24) is 14.5 Å². The Hall–Kier alpha value is -0.870. The van der Waals surface area contributed by atoms with Crippen molar-refractivity contribution in [2.75, 3.05) is 19.6 Å². The number of nitrogens with zero attached hydrogens (tertiary/aromatic N) is 3. The second-order valence-corrected chi connectivity index (χ2v) is 3.85. The molecule has 0 aliphatic carbocycles. The van der Waals surface area contributed by atoms with Crippen LogP contribution in [0.4, 0.5) is 0 Å². The van der Waals surface area contributed by atoms with Crippen molar-refractivity contribution in [2.45, 2.75) is 25.9 Å². The first-order chi connectivity index (χ1) is 6.83. The van der Waals surface area contributed by atoms with Crippen molar-refractivity contribution in [3.8, 4) is 0 Å². The molecule has 2 rings (SSSR count). The van der Waals surface area contributed by atoms with Gasteiger partial charge >= 0.3 is 0 Å². The maximum Gasteiger partial charge on any atom is 0.0953 e. The third-order valence-corrected chi connectivity index (χ3v) is 2.98. The lowest BCUT2D eigenvalue weighted by molar-refractivity contribution is 0.341. The number of likely N-dealkylation sites (tertiary alicyclic amines) is 1. The zero-order valence-corrected chi connectivity index (χ0v) is 8.69. The van der Waals surface area contributed by atoms with Crippen molar-refractivity contribution in [1.29, 1.82) is 0 Å². The van der Waals surface area contributed by atoms with Crippen LogP contribution in [0, 0.1) is 0 Å².